The minimum absolute atomic E-state index is 0.876. The maximum atomic E-state index is 7.56. The van der Waals surface area contributed by atoms with Crippen molar-refractivity contribution in [2.24, 2.45) is 0 Å². The number of benzene rings is 2. The molecule has 0 saturated heterocycles. The topological polar surface area (TPSA) is 23.9 Å². The molecule has 0 radical (unpaired) electrons. The van der Waals surface area contributed by atoms with Crippen molar-refractivity contribution < 1.29 is 0 Å². The number of nitrogens with one attached hydrogen (secondary N) is 1. The van der Waals surface area contributed by atoms with Gasteiger partial charge in [-0.05, 0) is 28.3 Å². The number of hydrogen-bond acceptors (Lipinski definition) is 1. The van der Waals surface area contributed by atoms with Crippen molar-refractivity contribution in [3.05, 3.63) is 91.0 Å². The van der Waals surface area contributed by atoms with Gasteiger partial charge in [0.2, 0.25) is 0 Å². The van der Waals surface area contributed by atoms with E-state index in [4.69, 9.17) is 5.41 Å². The smallest absolute Gasteiger partial charge is 0.0256 e. The molecule has 0 saturated carbocycles. The van der Waals surface area contributed by atoms with Crippen LogP contribution in [-0.2, 0) is 0 Å². The van der Waals surface area contributed by atoms with Crippen LogP contribution in [0.25, 0.3) is 16.7 Å². The molecular weight excluding hydrogens is 242 g/mol. The first-order valence-electron chi connectivity index (χ1n) is 6.51. The van der Waals surface area contributed by atoms with Crippen molar-refractivity contribution in [3.8, 4) is 11.1 Å². The molecule has 20 heavy (non-hydrogen) atoms. The van der Waals surface area contributed by atoms with Crippen LogP contribution < -0.4 is 0 Å². The Kier molecular flexibility index (Phi) is 4.85. The Bertz CT molecular complexity index is 648. The Balaban J connectivity index is 2.38. The average molecular weight is 259 g/mol. The molecule has 98 valence electrons. The molecule has 0 heterocycles. The normalized spacial score (nSPS) is 11.5. The van der Waals surface area contributed by atoms with E-state index < -0.39 is 0 Å². The molecule has 0 fully saturated rings. The molecule has 2 aromatic carbocycles. The zero-order chi connectivity index (χ0) is 14.2. The van der Waals surface area contributed by atoms with E-state index in [0.717, 1.165) is 16.7 Å². The summed E-state index contributed by atoms with van der Waals surface area (Å²) in [6, 6.07) is 18.5. The van der Waals surface area contributed by atoms with Crippen LogP contribution in [0.2, 0.25) is 0 Å². The second-order valence-electron chi connectivity index (χ2n) is 4.33. The van der Waals surface area contributed by atoms with E-state index in [1.165, 1.54) is 11.8 Å². The van der Waals surface area contributed by atoms with E-state index in [1.54, 1.807) is 6.08 Å². The molecule has 1 N–H and O–H groups in total. The molecule has 0 aromatic heterocycles. The molecule has 1 heteroatoms. The fourth-order valence-corrected chi connectivity index (χ4v) is 1.97. The van der Waals surface area contributed by atoms with Crippen LogP contribution >= 0.6 is 0 Å². The standard InChI is InChI=1S/C19H17N/c1-2-3-5-11-19(15-20)18-13-8-12-17(14-18)16-9-6-4-7-10-16/h2-15,20H,1H2/b5-3-,19-11+,20-15?. The molecule has 0 aliphatic carbocycles. The lowest BCUT2D eigenvalue weighted by Crippen LogP contribution is -1.86. The van der Waals surface area contributed by atoms with Crippen LogP contribution in [-0.4, -0.2) is 6.21 Å². The Morgan fingerprint density at radius 2 is 1.65 bits per heavy atom. The van der Waals surface area contributed by atoms with Crippen molar-refractivity contribution in [1.29, 1.82) is 5.41 Å². The van der Waals surface area contributed by atoms with Gasteiger partial charge in [-0.3, -0.25) is 0 Å². The first-order chi connectivity index (χ1) is 9.85. The fourth-order valence-electron chi connectivity index (χ4n) is 1.97. The van der Waals surface area contributed by atoms with Crippen molar-refractivity contribution in [2.75, 3.05) is 0 Å². The second kappa shape index (κ2) is 7.05. The third-order valence-electron chi connectivity index (χ3n) is 2.98. The summed E-state index contributed by atoms with van der Waals surface area (Å²) >= 11 is 0. The van der Waals surface area contributed by atoms with Gasteiger partial charge in [0.15, 0.2) is 0 Å². The zero-order valence-corrected chi connectivity index (χ0v) is 11.3. The summed E-state index contributed by atoms with van der Waals surface area (Å²) in [6.45, 7) is 3.64. The number of allylic oxidation sites excluding steroid dienone is 5. The summed E-state index contributed by atoms with van der Waals surface area (Å²) in [6.07, 6.45) is 8.75. The van der Waals surface area contributed by atoms with Crippen molar-refractivity contribution >= 4 is 11.8 Å². The van der Waals surface area contributed by atoms with Gasteiger partial charge in [-0.15, -0.1) is 0 Å². The summed E-state index contributed by atoms with van der Waals surface area (Å²) < 4.78 is 0. The highest BCUT2D eigenvalue weighted by atomic mass is 14.3. The van der Waals surface area contributed by atoms with Crippen molar-refractivity contribution in [3.63, 3.8) is 0 Å². The summed E-state index contributed by atoms with van der Waals surface area (Å²) in [5, 5.41) is 7.56. The summed E-state index contributed by atoms with van der Waals surface area (Å²) in [5.41, 5.74) is 4.25. The molecule has 2 aromatic rings. The minimum atomic E-state index is 0.876. The van der Waals surface area contributed by atoms with Gasteiger partial charge in [0.1, 0.15) is 0 Å². The number of rotatable bonds is 5. The van der Waals surface area contributed by atoms with Crippen molar-refractivity contribution in [1.82, 2.24) is 0 Å². The molecule has 0 bridgehead atoms. The SMILES string of the molecule is C=C/C=C\C=C(/C=N)c1cccc(-c2ccccc2)c1. The second-order valence-corrected chi connectivity index (χ2v) is 4.33. The minimum Gasteiger partial charge on any atom is -0.308 e. The predicted octanol–water partition coefficient (Wildman–Crippen LogP) is 5.13. The Labute approximate surface area is 120 Å². The largest absolute Gasteiger partial charge is 0.308 e. The Morgan fingerprint density at radius 1 is 0.900 bits per heavy atom. The monoisotopic (exact) mass is 259 g/mol. The van der Waals surface area contributed by atoms with Gasteiger partial charge in [0.25, 0.3) is 0 Å². The van der Waals surface area contributed by atoms with E-state index in [9.17, 15) is 0 Å². The average Bonchev–Trinajstić information content (AvgIpc) is 2.53. The van der Waals surface area contributed by atoms with E-state index in [0.29, 0.717) is 0 Å². The molecule has 0 spiro atoms. The summed E-state index contributed by atoms with van der Waals surface area (Å²) in [4.78, 5) is 0. The molecule has 0 amide bonds. The summed E-state index contributed by atoms with van der Waals surface area (Å²) in [5.74, 6) is 0. The van der Waals surface area contributed by atoms with Gasteiger partial charge in [-0.25, -0.2) is 0 Å². The molecule has 1 nitrogen and oxygen atoms in total. The van der Waals surface area contributed by atoms with E-state index in [2.05, 4.69) is 30.8 Å². The van der Waals surface area contributed by atoms with E-state index in [1.807, 2.05) is 48.6 Å². The quantitative estimate of drug-likeness (QED) is 0.568. The fraction of sp³-hybridized carbons (Fsp3) is 0. The predicted molar refractivity (Wildman–Crippen MR) is 88.0 cm³/mol. The van der Waals surface area contributed by atoms with Gasteiger partial charge in [-0.2, -0.15) is 0 Å². The van der Waals surface area contributed by atoms with Crippen LogP contribution in [0.1, 0.15) is 5.56 Å². The van der Waals surface area contributed by atoms with Crippen LogP contribution in [0.5, 0.6) is 0 Å². The highest BCUT2D eigenvalue weighted by molar-refractivity contribution is 6.09. The lowest BCUT2D eigenvalue weighted by Gasteiger charge is -2.05. The molecule has 2 rings (SSSR count). The van der Waals surface area contributed by atoms with Gasteiger partial charge in [-0.1, -0.05) is 79.4 Å². The first-order valence-corrected chi connectivity index (χ1v) is 6.51. The van der Waals surface area contributed by atoms with Gasteiger partial charge in [0.05, 0.1) is 0 Å². The third kappa shape index (κ3) is 3.42. The Morgan fingerprint density at radius 3 is 2.35 bits per heavy atom. The van der Waals surface area contributed by atoms with Crippen LogP contribution in [0.15, 0.2) is 85.5 Å². The highest BCUT2D eigenvalue weighted by Crippen LogP contribution is 2.23. The van der Waals surface area contributed by atoms with E-state index in [-0.39, 0.29) is 0 Å². The maximum Gasteiger partial charge on any atom is 0.0256 e. The van der Waals surface area contributed by atoms with Crippen LogP contribution in [0, 0.1) is 5.41 Å². The maximum absolute atomic E-state index is 7.56. The van der Waals surface area contributed by atoms with E-state index >= 15 is 0 Å². The van der Waals surface area contributed by atoms with Gasteiger partial charge >= 0.3 is 0 Å². The lowest BCUT2D eigenvalue weighted by molar-refractivity contribution is 1.55. The molecule has 0 atom stereocenters. The molecular formula is C19H17N. The molecule has 0 aliphatic rings. The van der Waals surface area contributed by atoms with Gasteiger partial charge in [0, 0.05) is 6.21 Å². The van der Waals surface area contributed by atoms with Gasteiger partial charge < -0.3 is 5.41 Å². The zero-order valence-electron chi connectivity index (χ0n) is 11.3. The number of hydrogen-bond donors (Lipinski definition) is 1. The summed E-state index contributed by atoms with van der Waals surface area (Å²) in [7, 11) is 0. The van der Waals surface area contributed by atoms with Crippen LogP contribution in [0.3, 0.4) is 0 Å². The highest BCUT2D eigenvalue weighted by Gasteiger charge is 2.01. The van der Waals surface area contributed by atoms with Crippen LogP contribution in [0.4, 0.5) is 0 Å². The van der Waals surface area contributed by atoms with Crippen molar-refractivity contribution in [2.45, 2.75) is 0 Å². The molecule has 0 aliphatic heterocycles. The Hall–Kier alpha value is -2.67. The molecule has 0 unspecified atom stereocenters. The first kappa shape index (κ1) is 13.8. The third-order valence-corrected chi connectivity index (χ3v) is 2.98. The lowest BCUT2D eigenvalue weighted by atomic mass is 9.99.